The minimum Gasteiger partial charge on any atom is -0.669 e. The van der Waals surface area contributed by atoms with E-state index in [0.29, 0.717) is 0 Å². The molecule has 0 aliphatic carbocycles. The molecule has 4 aromatic heterocycles. The van der Waals surface area contributed by atoms with Gasteiger partial charge in [-0.05, 0) is 35.1 Å². The van der Waals surface area contributed by atoms with Gasteiger partial charge < -0.3 is 4.98 Å². The van der Waals surface area contributed by atoms with Gasteiger partial charge >= 0.3 is 21.1 Å². The van der Waals surface area contributed by atoms with Gasteiger partial charge in [0.25, 0.3) is 0 Å². The standard InChI is InChI=1S/C34H26N4.Pt/c1-34(2,3)28-21-36-32-24(13-7-14-27(28)32)22-10-6-11-23(20-22)29-16-8-18-31(37-29)38-30-17-5-4-12-25(30)26-15-9-19-35-33(26)38;/h4-19,21H,1-3H3;/q-2;+2. The molecule has 0 radical (unpaired) electrons. The number of benzene rings is 3. The summed E-state index contributed by atoms with van der Waals surface area (Å²) in [6, 6.07) is 34.9. The first-order valence-corrected chi connectivity index (χ1v) is 12.9. The Morgan fingerprint density at radius 2 is 1.49 bits per heavy atom. The summed E-state index contributed by atoms with van der Waals surface area (Å²) in [6.45, 7) is 6.69. The van der Waals surface area contributed by atoms with Crippen LogP contribution in [0.4, 0.5) is 0 Å². The molecule has 0 N–H and O–H groups in total. The van der Waals surface area contributed by atoms with Crippen LogP contribution in [-0.2, 0) is 26.5 Å². The Bertz CT molecular complexity index is 1920. The molecule has 0 aliphatic rings. The van der Waals surface area contributed by atoms with Gasteiger partial charge in [0.05, 0.1) is 5.52 Å². The van der Waals surface area contributed by atoms with E-state index in [-0.39, 0.29) is 26.5 Å². The smallest absolute Gasteiger partial charge is 0.669 e. The normalized spacial score (nSPS) is 11.8. The quantitative estimate of drug-likeness (QED) is 0.177. The molecule has 4 heterocycles. The summed E-state index contributed by atoms with van der Waals surface area (Å²) < 4.78 is 2.14. The van der Waals surface area contributed by atoms with Gasteiger partial charge in [-0.3, -0.25) is 9.55 Å². The van der Waals surface area contributed by atoms with Crippen molar-refractivity contribution in [2.75, 3.05) is 0 Å². The third-order valence-corrected chi connectivity index (χ3v) is 7.22. The minimum absolute atomic E-state index is 0. The van der Waals surface area contributed by atoms with Crippen LogP contribution < -0.4 is 4.98 Å². The maximum Gasteiger partial charge on any atom is 2.00 e. The molecule has 7 aromatic rings. The van der Waals surface area contributed by atoms with E-state index in [0.717, 1.165) is 50.3 Å². The largest absolute Gasteiger partial charge is 2.00 e. The van der Waals surface area contributed by atoms with Crippen molar-refractivity contribution in [3.8, 4) is 28.2 Å². The van der Waals surface area contributed by atoms with E-state index in [4.69, 9.17) is 15.0 Å². The molecule has 0 amide bonds. The average molecular weight is 686 g/mol. The third-order valence-electron chi connectivity index (χ3n) is 7.22. The van der Waals surface area contributed by atoms with E-state index in [9.17, 15) is 0 Å². The van der Waals surface area contributed by atoms with Crippen LogP contribution in [-0.4, -0.2) is 14.5 Å². The summed E-state index contributed by atoms with van der Waals surface area (Å²) in [5.74, 6) is 0.834. The monoisotopic (exact) mass is 685 g/mol. The van der Waals surface area contributed by atoms with Crippen LogP contribution >= 0.6 is 0 Å². The first kappa shape index (κ1) is 25.3. The third kappa shape index (κ3) is 4.20. The second-order valence-electron chi connectivity index (χ2n) is 10.7. The predicted molar refractivity (Wildman–Crippen MR) is 156 cm³/mol. The Hall–Kier alpha value is -4.01. The van der Waals surface area contributed by atoms with Crippen molar-refractivity contribution in [3.63, 3.8) is 0 Å². The fraction of sp³-hybridized carbons (Fsp3) is 0.118. The molecule has 0 spiro atoms. The Balaban J connectivity index is 0.00000277. The minimum atomic E-state index is 0. The first-order chi connectivity index (χ1) is 18.5. The molecule has 0 saturated heterocycles. The second-order valence-corrected chi connectivity index (χ2v) is 10.7. The molecule has 0 aliphatic heterocycles. The number of nitrogens with zero attached hydrogens (tertiary/aromatic N) is 4. The molecule has 0 atom stereocenters. The number of fused-ring (bicyclic) bond motifs is 4. The van der Waals surface area contributed by atoms with E-state index in [1.54, 1.807) is 0 Å². The van der Waals surface area contributed by atoms with Gasteiger partial charge in [-0.25, -0.2) is 4.98 Å². The maximum absolute atomic E-state index is 5.10. The van der Waals surface area contributed by atoms with Crippen molar-refractivity contribution in [1.82, 2.24) is 19.5 Å². The molecular formula is C34H26N4Pt. The number of pyridine rings is 2. The molecule has 0 fully saturated rings. The van der Waals surface area contributed by atoms with Gasteiger partial charge in [-0.15, -0.1) is 29.8 Å². The van der Waals surface area contributed by atoms with E-state index < -0.39 is 0 Å². The number of rotatable bonds is 3. The van der Waals surface area contributed by atoms with Crippen LogP contribution in [0.5, 0.6) is 0 Å². The molecule has 5 heteroatoms. The van der Waals surface area contributed by atoms with Crippen molar-refractivity contribution >= 4 is 32.8 Å². The van der Waals surface area contributed by atoms with Crippen LogP contribution in [0.1, 0.15) is 26.3 Å². The average Bonchev–Trinajstić information content (AvgIpc) is 3.53. The fourth-order valence-corrected chi connectivity index (χ4v) is 5.41. The summed E-state index contributed by atoms with van der Waals surface area (Å²) in [6.07, 6.45) is 3.85. The predicted octanol–water partition coefficient (Wildman–Crippen LogP) is 8.11. The van der Waals surface area contributed by atoms with Crippen molar-refractivity contribution < 1.29 is 21.1 Å². The first-order valence-electron chi connectivity index (χ1n) is 12.9. The van der Waals surface area contributed by atoms with E-state index in [1.165, 1.54) is 16.3 Å². The topological polar surface area (TPSA) is 44.8 Å². The van der Waals surface area contributed by atoms with E-state index in [2.05, 4.69) is 104 Å². The van der Waals surface area contributed by atoms with Crippen molar-refractivity contribution in [2.24, 2.45) is 0 Å². The van der Waals surface area contributed by atoms with Crippen molar-refractivity contribution in [2.45, 2.75) is 26.2 Å². The van der Waals surface area contributed by atoms with Gasteiger partial charge in [-0.2, -0.15) is 11.7 Å². The van der Waals surface area contributed by atoms with Gasteiger partial charge in [0.1, 0.15) is 11.5 Å². The Morgan fingerprint density at radius 1 is 0.744 bits per heavy atom. The van der Waals surface area contributed by atoms with Gasteiger partial charge in [0.15, 0.2) is 0 Å². The van der Waals surface area contributed by atoms with E-state index >= 15 is 0 Å². The van der Waals surface area contributed by atoms with E-state index in [1.807, 2.05) is 30.6 Å². The SMILES string of the molecule is CC(C)(C)c1c[n-]c2c(-c3[c-]c(-c4cccc(-n5c6ccccc6c6cccnc65)n4)ccc3)cccc12.[Pt+2]. The molecule has 7 rings (SSSR count). The molecule has 192 valence electrons. The number of aromatic nitrogens is 4. The fourth-order valence-electron chi connectivity index (χ4n) is 5.41. The summed E-state index contributed by atoms with van der Waals surface area (Å²) in [4.78, 5) is 14.6. The summed E-state index contributed by atoms with van der Waals surface area (Å²) in [7, 11) is 0. The Morgan fingerprint density at radius 3 is 2.36 bits per heavy atom. The van der Waals surface area contributed by atoms with Crippen molar-refractivity contribution in [3.05, 3.63) is 115 Å². The molecule has 39 heavy (non-hydrogen) atoms. The summed E-state index contributed by atoms with van der Waals surface area (Å²) in [5.41, 5.74) is 8.21. The molecule has 3 aromatic carbocycles. The van der Waals surface area contributed by atoms with Gasteiger partial charge in [-0.1, -0.05) is 86.0 Å². The summed E-state index contributed by atoms with van der Waals surface area (Å²) >= 11 is 0. The van der Waals surface area contributed by atoms with Gasteiger partial charge in [0.2, 0.25) is 0 Å². The zero-order valence-corrected chi connectivity index (χ0v) is 24.2. The maximum atomic E-state index is 5.10. The zero-order chi connectivity index (χ0) is 25.9. The van der Waals surface area contributed by atoms with Crippen LogP contribution in [0.3, 0.4) is 0 Å². The van der Waals surface area contributed by atoms with Crippen LogP contribution in [0.15, 0.2) is 103 Å². The molecular weight excluding hydrogens is 659 g/mol. The van der Waals surface area contributed by atoms with Crippen LogP contribution in [0.2, 0.25) is 0 Å². The number of para-hydroxylation sites is 2. The van der Waals surface area contributed by atoms with Gasteiger partial charge in [0, 0.05) is 22.7 Å². The number of hydrogen-bond acceptors (Lipinski definition) is 2. The second kappa shape index (κ2) is 9.63. The molecule has 0 saturated carbocycles. The van der Waals surface area contributed by atoms with Crippen LogP contribution in [0, 0.1) is 6.07 Å². The molecule has 0 bridgehead atoms. The zero-order valence-electron chi connectivity index (χ0n) is 21.9. The molecule has 0 unspecified atom stereocenters. The molecule has 4 nitrogen and oxygen atoms in total. The Kier molecular flexibility index (Phi) is 6.24. The Labute approximate surface area is 242 Å². The number of hydrogen-bond donors (Lipinski definition) is 0. The van der Waals surface area contributed by atoms with Crippen molar-refractivity contribution in [1.29, 1.82) is 0 Å². The summed E-state index contributed by atoms with van der Waals surface area (Å²) in [5, 5.41) is 3.49. The van der Waals surface area contributed by atoms with Crippen LogP contribution in [0.25, 0.3) is 61.0 Å².